The van der Waals surface area contributed by atoms with Gasteiger partial charge in [0.2, 0.25) is 0 Å². The number of benzene rings is 1. The Hall–Kier alpha value is -1.35. The summed E-state index contributed by atoms with van der Waals surface area (Å²) in [6.45, 7) is 8.49. The molecule has 0 heterocycles. The fourth-order valence-corrected chi connectivity index (χ4v) is 2.27. The Bertz CT molecular complexity index is 415. The normalized spacial score (nSPS) is 11.1. The highest BCUT2D eigenvalue weighted by atomic mass is 16.5. The number of carbonyl (C=O) groups is 1. The Kier molecular flexibility index (Phi) is 7.31. The number of esters is 1. The van der Waals surface area contributed by atoms with Crippen molar-refractivity contribution < 1.29 is 9.53 Å². The van der Waals surface area contributed by atoms with Crippen molar-refractivity contribution in [3.8, 4) is 0 Å². The van der Waals surface area contributed by atoms with Gasteiger partial charge in [0, 0.05) is 12.6 Å². The molecule has 112 valence electrons. The predicted molar refractivity (Wildman–Crippen MR) is 82.9 cm³/mol. The lowest BCUT2D eigenvalue weighted by Gasteiger charge is -2.27. The van der Waals surface area contributed by atoms with E-state index in [1.807, 2.05) is 24.3 Å². The average Bonchev–Trinajstić information content (AvgIpc) is 2.46. The minimum absolute atomic E-state index is 0.252. The number of methoxy groups -OCH3 is 1. The van der Waals surface area contributed by atoms with E-state index in [1.54, 1.807) is 0 Å². The van der Waals surface area contributed by atoms with E-state index >= 15 is 0 Å². The van der Waals surface area contributed by atoms with Crippen molar-refractivity contribution in [3.05, 3.63) is 35.4 Å². The molecule has 20 heavy (non-hydrogen) atoms. The van der Waals surface area contributed by atoms with E-state index in [0.717, 1.165) is 18.7 Å². The molecule has 0 saturated heterocycles. The van der Waals surface area contributed by atoms with Crippen molar-refractivity contribution in [2.45, 2.75) is 52.6 Å². The Morgan fingerprint density at radius 2 is 1.95 bits per heavy atom. The molecule has 0 radical (unpaired) electrons. The number of unbranched alkanes of at least 4 members (excludes halogenated alkanes) is 2. The number of hydrogen-bond acceptors (Lipinski definition) is 3. The van der Waals surface area contributed by atoms with Gasteiger partial charge in [-0.2, -0.15) is 0 Å². The molecular weight excluding hydrogens is 250 g/mol. The van der Waals surface area contributed by atoms with Crippen LogP contribution in [0.1, 0.15) is 56.0 Å². The third-order valence-electron chi connectivity index (χ3n) is 3.58. The third-order valence-corrected chi connectivity index (χ3v) is 3.58. The highest BCUT2D eigenvalue weighted by Gasteiger charge is 2.15. The summed E-state index contributed by atoms with van der Waals surface area (Å²) in [6.07, 6.45) is 3.68. The van der Waals surface area contributed by atoms with E-state index < -0.39 is 0 Å². The lowest BCUT2D eigenvalue weighted by molar-refractivity contribution is 0.0597. The SMILES string of the molecule is CCCCCN(Cc1ccccc1C(=O)OC)C(C)C. The van der Waals surface area contributed by atoms with Crippen LogP contribution < -0.4 is 0 Å². The number of rotatable bonds is 8. The molecule has 1 aromatic carbocycles. The number of nitrogens with zero attached hydrogens (tertiary/aromatic N) is 1. The Morgan fingerprint density at radius 3 is 2.55 bits per heavy atom. The van der Waals surface area contributed by atoms with Gasteiger partial charge in [0.25, 0.3) is 0 Å². The van der Waals surface area contributed by atoms with E-state index in [1.165, 1.54) is 26.4 Å². The number of hydrogen-bond donors (Lipinski definition) is 0. The molecule has 1 rings (SSSR count). The summed E-state index contributed by atoms with van der Waals surface area (Å²) in [5, 5.41) is 0. The fraction of sp³-hybridized carbons (Fsp3) is 0.588. The summed E-state index contributed by atoms with van der Waals surface area (Å²) >= 11 is 0. The van der Waals surface area contributed by atoms with Crippen molar-refractivity contribution in [2.75, 3.05) is 13.7 Å². The van der Waals surface area contributed by atoms with E-state index in [4.69, 9.17) is 4.74 Å². The lowest BCUT2D eigenvalue weighted by Crippen LogP contribution is -2.32. The van der Waals surface area contributed by atoms with Crippen LogP contribution in [0.5, 0.6) is 0 Å². The fourth-order valence-electron chi connectivity index (χ4n) is 2.27. The molecule has 0 atom stereocenters. The molecule has 0 unspecified atom stereocenters. The molecule has 1 aromatic rings. The van der Waals surface area contributed by atoms with Gasteiger partial charge >= 0.3 is 5.97 Å². The summed E-state index contributed by atoms with van der Waals surface area (Å²) in [4.78, 5) is 14.2. The summed E-state index contributed by atoms with van der Waals surface area (Å²) in [5.41, 5.74) is 1.72. The standard InChI is InChI=1S/C17H27NO2/c1-5-6-9-12-18(14(2)3)13-15-10-7-8-11-16(15)17(19)20-4/h7-8,10-11,14H,5-6,9,12-13H2,1-4H3. The molecule has 0 fully saturated rings. The van der Waals surface area contributed by atoms with Gasteiger partial charge in [0.1, 0.15) is 0 Å². The van der Waals surface area contributed by atoms with E-state index in [0.29, 0.717) is 11.6 Å². The first kappa shape index (κ1) is 16.7. The van der Waals surface area contributed by atoms with Gasteiger partial charge in [-0.3, -0.25) is 4.90 Å². The minimum Gasteiger partial charge on any atom is -0.465 e. The van der Waals surface area contributed by atoms with Gasteiger partial charge in [-0.25, -0.2) is 4.79 Å². The van der Waals surface area contributed by atoms with Crippen LogP contribution in [0.25, 0.3) is 0 Å². The molecule has 0 bridgehead atoms. The smallest absolute Gasteiger partial charge is 0.338 e. The molecule has 3 heteroatoms. The van der Waals surface area contributed by atoms with Crippen LogP contribution in [0.4, 0.5) is 0 Å². The second-order valence-corrected chi connectivity index (χ2v) is 5.42. The van der Waals surface area contributed by atoms with Crippen LogP contribution in [0, 0.1) is 0 Å². The maximum atomic E-state index is 11.8. The van der Waals surface area contributed by atoms with Crippen LogP contribution in [0.2, 0.25) is 0 Å². The Labute approximate surface area is 122 Å². The molecule has 0 aliphatic heterocycles. The third kappa shape index (κ3) is 4.97. The van der Waals surface area contributed by atoms with Crippen molar-refractivity contribution >= 4 is 5.97 Å². The molecule has 0 aliphatic rings. The van der Waals surface area contributed by atoms with Crippen LogP contribution in [0.15, 0.2) is 24.3 Å². The van der Waals surface area contributed by atoms with Crippen LogP contribution >= 0.6 is 0 Å². The number of carbonyl (C=O) groups excluding carboxylic acids is 1. The highest BCUT2D eigenvalue weighted by Crippen LogP contribution is 2.15. The van der Waals surface area contributed by atoms with Crippen LogP contribution in [0.3, 0.4) is 0 Å². The summed E-state index contributed by atoms with van der Waals surface area (Å²) in [7, 11) is 1.43. The van der Waals surface area contributed by atoms with Gasteiger partial charge in [-0.05, 0) is 38.4 Å². The molecule has 0 saturated carbocycles. The highest BCUT2D eigenvalue weighted by molar-refractivity contribution is 5.90. The summed E-state index contributed by atoms with van der Waals surface area (Å²) in [6, 6.07) is 8.18. The summed E-state index contributed by atoms with van der Waals surface area (Å²) < 4.78 is 4.86. The molecule has 0 N–H and O–H groups in total. The zero-order chi connectivity index (χ0) is 15.0. The maximum absolute atomic E-state index is 11.8. The first-order valence-electron chi connectivity index (χ1n) is 7.50. The molecule has 0 amide bonds. The van der Waals surface area contributed by atoms with Crippen LogP contribution in [-0.4, -0.2) is 30.6 Å². The molecule has 0 spiro atoms. The van der Waals surface area contributed by atoms with Gasteiger partial charge in [0.05, 0.1) is 12.7 Å². The molecule has 3 nitrogen and oxygen atoms in total. The lowest BCUT2D eigenvalue weighted by atomic mass is 10.1. The van der Waals surface area contributed by atoms with Gasteiger partial charge in [-0.1, -0.05) is 38.0 Å². The van der Waals surface area contributed by atoms with E-state index in [2.05, 4.69) is 25.7 Å². The minimum atomic E-state index is -0.252. The largest absolute Gasteiger partial charge is 0.465 e. The second kappa shape index (κ2) is 8.75. The quantitative estimate of drug-likeness (QED) is 0.533. The maximum Gasteiger partial charge on any atom is 0.338 e. The van der Waals surface area contributed by atoms with Crippen LogP contribution in [-0.2, 0) is 11.3 Å². The Morgan fingerprint density at radius 1 is 1.25 bits per heavy atom. The zero-order valence-corrected chi connectivity index (χ0v) is 13.2. The Balaban J connectivity index is 2.80. The monoisotopic (exact) mass is 277 g/mol. The molecular formula is C17H27NO2. The first-order chi connectivity index (χ1) is 9.60. The van der Waals surface area contributed by atoms with Crippen molar-refractivity contribution in [1.82, 2.24) is 4.90 Å². The van der Waals surface area contributed by atoms with Crippen molar-refractivity contribution in [3.63, 3.8) is 0 Å². The first-order valence-corrected chi connectivity index (χ1v) is 7.50. The van der Waals surface area contributed by atoms with E-state index in [9.17, 15) is 4.79 Å². The summed E-state index contributed by atoms with van der Waals surface area (Å²) in [5.74, 6) is -0.252. The molecule has 0 aromatic heterocycles. The second-order valence-electron chi connectivity index (χ2n) is 5.42. The number of ether oxygens (including phenoxy) is 1. The predicted octanol–water partition coefficient (Wildman–Crippen LogP) is 3.87. The van der Waals surface area contributed by atoms with Gasteiger partial charge in [0.15, 0.2) is 0 Å². The van der Waals surface area contributed by atoms with Crippen molar-refractivity contribution in [1.29, 1.82) is 0 Å². The van der Waals surface area contributed by atoms with Gasteiger partial charge in [-0.15, -0.1) is 0 Å². The molecule has 0 aliphatic carbocycles. The average molecular weight is 277 g/mol. The topological polar surface area (TPSA) is 29.5 Å². The van der Waals surface area contributed by atoms with E-state index in [-0.39, 0.29) is 5.97 Å². The van der Waals surface area contributed by atoms with Gasteiger partial charge < -0.3 is 4.74 Å². The van der Waals surface area contributed by atoms with Crippen molar-refractivity contribution in [2.24, 2.45) is 0 Å². The zero-order valence-electron chi connectivity index (χ0n) is 13.2.